The molecule has 0 aliphatic heterocycles. The van der Waals surface area contributed by atoms with E-state index < -0.39 is 0 Å². The van der Waals surface area contributed by atoms with Crippen LogP contribution in [0.25, 0.3) is 10.9 Å². The van der Waals surface area contributed by atoms with Crippen LogP contribution in [0.15, 0.2) is 48.5 Å². The summed E-state index contributed by atoms with van der Waals surface area (Å²) in [6, 6.07) is 14.5. The molecule has 2 aromatic carbocycles. The molecule has 0 atom stereocenters. The molecule has 0 radical (unpaired) electrons. The Labute approximate surface area is 173 Å². The molecule has 7 heteroatoms. The lowest BCUT2D eigenvalue weighted by Gasteiger charge is -2.10. The van der Waals surface area contributed by atoms with Crippen molar-refractivity contribution in [3.63, 3.8) is 0 Å². The van der Waals surface area contributed by atoms with Crippen molar-refractivity contribution in [2.75, 3.05) is 18.5 Å². The maximum absolute atomic E-state index is 12.2. The zero-order chi connectivity index (χ0) is 19.9. The van der Waals surface area contributed by atoms with Crippen LogP contribution in [0, 0.1) is 0 Å². The number of nitrogens with one attached hydrogen (secondary N) is 1. The zero-order valence-corrected chi connectivity index (χ0v) is 16.8. The second-order valence-corrected chi connectivity index (χ2v) is 7.21. The average Bonchev–Trinajstić information content (AvgIpc) is 2.67. The molecule has 0 spiro atoms. The predicted octanol–water partition coefficient (Wildman–Crippen LogP) is 4.84. The van der Waals surface area contributed by atoms with Crippen LogP contribution in [0.1, 0.15) is 18.5 Å². The Balaban J connectivity index is 1.60. The Morgan fingerprint density at radius 1 is 1.07 bits per heavy atom. The Morgan fingerprint density at radius 2 is 1.93 bits per heavy atom. The number of benzene rings is 2. The number of fused-ring (bicyclic) bond motifs is 1. The minimum Gasteiger partial charge on any atom is -0.482 e. The monoisotopic (exact) mass is 417 g/mol. The van der Waals surface area contributed by atoms with Crippen LogP contribution < -0.4 is 15.8 Å². The number of nitrogens with two attached hydrogens (primary N) is 1. The number of aromatic nitrogens is 1. The van der Waals surface area contributed by atoms with Gasteiger partial charge < -0.3 is 15.8 Å². The second-order valence-electron chi connectivity index (χ2n) is 6.37. The zero-order valence-electron chi connectivity index (χ0n) is 15.3. The van der Waals surface area contributed by atoms with Crippen LogP contribution in [0.2, 0.25) is 10.0 Å². The van der Waals surface area contributed by atoms with Crippen LogP contribution in [0.4, 0.5) is 5.69 Å². The number of unbranched alkanes of at least 4 members (excludes halogenated alkanes) is 1. The smallest absolute Gasteiger partial charge is 0.262 e. The first-order chi connectivity index (χ1) is 13.5. The number of hydrogen-bond acceptors (Lipinski definition) is 4. The minimum atomic E-state index is -0.281. The lowest BCUT2D eigenvalue weighted by Crippen LogP contribution is -2.20. The predicted molar refractivity (Wildman–Crippen MR) is 114 cm³/mol. The van der Waals surface area contributed by atoms with Gasteiger partial charge in [-0.2, -0.15) is 0 Å². The van der Waals surface area contributed by atoms with Crippen LogP contribution in [0.3, 0.4) is 0 Å². The summed E-state index contributed by atoms with van der Waals surface area (Å²) in [5.41, 5.74) is 8.16. The highest BCUT2D eigenvalue weighted by atomic mass is 35.5. The third-order valence-corrected chi connectivity index (χ3v) is 4.70. The third kappa shape index (κ3) is 5.58. The summed E-state index contributed by atoms with van der Waals surface area (Å²) in [7, 11) is 0. The molecule has 0 bridgehead atoms. The van der Waals surface area contributed by atoms with E-state index in [2.05, 4.69) is 10.3 Å². The Kier molecular flexibility index (Phi) is 7.09. The number of amides is 1. The molecule has 0 aliphatic carbocycles. The van der Waals surface area contributed by atoms with Crippen molar-refractivity contribution in [3.8, 4) is 5.75 Å². The van der Waals surface area contributed by atoms with E-state index in [0.29, 0.717) is 28.0 Å². The van der Waals surface area contributed by atoms with E-state index in [0.717, 1.165) is 35.9 Å². The number of nitrogens with zero attached hydrogens (tertiary/aromatic N) is 1. The summed E-state index contributed by atoms with van der Waals surface area (Å²) in [5, 5.41) is 4.65. The quantitative estimate of drug-likeness (QED) is 0.513. The van der Waals surface area contributed by atoms with Gasteiger partial charge in [0.2, 0.25) is 0 Å². The number of halogens is 2. The van der Waals surface area contributed by atoms with Crippen LogP contribution in [-0.2, 0) is 11.2 Å². The molecule has 0 saturated carbocycles. The van der Waals surface area contributed by atoms with Gasteiger partial charge in [0, 0.05) is 21.8 Å². The number of anilines is 1. The van der Waals surface area contributed by atoms with Crippen molar-refractivity contribution >= 4 is 45.7 Å². The Bertz CT molecular complexity index is 979. The van der Waals surface area contributed by atoms with Crippen molar-refractivity contribution in [1.82, 2.24) is 4.98 Å². The van der Waals surface area contributed by atoms with Gasteiger partial charge in [0.1, 0.15) is 5.75 Å². The second kappa shape index (κ2) is 9.73. The molecule has 3 rings (SSSR count). The van der Waals surface area contributed by atoms with Gasteiger partial charge in [0.25, 0.3) is 5.91 Å². The third-order valence-electron chi connectivity index (χ3n) is 4.17. The molecule has 1 amide bonds. The SMILES string of the molecule is NCCCCc1ccc2cc(NC(=O)COc3ccc(Cl)cc3Cl)ccc2n1. The molecule has 0 fully saturated rings. The average molecular weight is 418 g/mol. The maximum atomic E-state index is 12.2. The molecule has 1 aromatic heterocycles. The topological polar surface area (TPSA) is 77.2 Å². The van der Waals surface area contributed by atoms with E-state index in [-0.39, 0.29) is 12.5 Å². The van der Waals surface area contributed by atoms with Crippen LogP contribution in [0.5, 0.6) is 5.75 Å². The first kappa shape index (κ1) is 20.4. The largest absolute Gasteiger partial charge is 0.482 e. The number of carbonyl (C=O) groups excluding carboxylic acids is 1. The van der Waals surface area contributed by atoms with Crippen LogP contribution in [-0.4, -0.2) is 24.0 Å². The first-order valence-electron chi connectivity index (χ1n) is 9.02. The number of pyridine rings is 1. The van der Waals surface area contributed by atoms with Gasteiger partial charge in [0.05, 0.1) is 10.5 Å². The van der Waals surface area contributed by atoms with E-state index in [9.17, 15) is 4.79 Å². The molecular weight excluding hydrogens is 397 g/mol. The van der Waals surface area contributed by atoms with Crippen molar-refractivity contribution in [2.45, 2.75) is 19.3 Å². The van der Waals surface area contributed by atoms with Crippen molar-refractivity contribution in [2.24, 2.45) is 5.73 Å². The van der Waals surface area contributed by atoms with E-state index >= 15 is 0 Å². The summed E-state index contributed by atoms with van der Waals surface area (Å²) in [5.74, 6) is 0.128. The molecule has 0 saturated heterocycles. The molecule has 28 heavy (non-hydrogen) atoms. The summed E-state index contributed by atoms with van der Waals surface area (Å²) in [6.45, 7) is 0.544. The minimum absolute atomic E-state index is 0.155. The molecule has 3 N–H and O–H groups in total. The highest BCUT2D eigenvalue weighted by Crippen LogP contribution is 2.27. The molecule has 5 nitrogen and oxygen atoms in total. The van der Waals surface area contributed by atoms with Gasteiger partial charge in [-0.05, 0) is 68.3 Å². The number of aryl methyl sites for hydroxylation is 1. The van der Waals surface area contributed by atoms with Gasteiger partial charge in [-0.1, -0.05) is 29.3 Å². The normalized spacial score (nSPS) is 10.8. The van der Waals surface area contributed by atoms with Gasteiger partial charge in [-0.15, -0.1) is 0 Å². The van der Waals surface area contributed by atoms with Gasteiger partial charge >= 0.3 is 0 Å². The Hall–Kier alpha value is -2.34. The maximum Gasteiger partial charge on any atom is 0.262 e. The highest BCUT2D eigenvalue weighted by Gasteiger charge is 2.08. The molecule has 146 valence electrons. The standard InChI is InChI=1S/C21H21Cl2N3O2/c22-15-5-9-20(18(23)12-15)28-13-21(27)26-17-7-8-19-14(11-17)4-6-16(25-19)3-1-2-10-24/h4-9,11-12H,1-3,10,13,24H2,(H,26,27). The summed E-state index contributed by atoms with van der Waals surface area (Å²) >= 11 is 11.9. The van der Waals surface area contributed by atoms with E-state index in [1.807, 2.05) is 30.3 Å². The summed E-state index contributed by atoms with van der Waals surface area (Å²) in [4.78, 5) is 16.8. The number of rotatable bonds is 8. The fourth-order valence-electron chi connectivity index (χ4n) is 2.77. The molecule has 3 aromatic rings. The number of ether oxygens (including phenoxy) is 1. The van der Waals surface area contributed by atoms with Crippen molar-refractivity contribution < 1.29 is 9.53 Å². The lowest BCUT2D eigenvalue weighted by molar-refractivity contribution is -0.118. The lowest BCUT2D eigenvalue weighted by atomic mass is 10.1. The first-order valence-corrected chi connectivity index (χ1v) is 9.78. The highest BCUT2D eigenvalue weighted by molar-refractivity contribution is 6.35. The van der Waals surface area contributed by atoms with E-state index in [1.54, 1.807) is 18.2 Å². The molecule has 0 aliphatic rings. The summed E-state index contributed by atoms with van der Waals surface area (Å²) in [6.07, 6.45) is 2.94. The number of carbonyl (C=O) groups is 1. The fourth-order valence-corrected chi connectivity index (χ4v) is 3.23. The van der Waals surface area contributed by atoms with E-state index in [4.69, 9.17) is 33.7 Å². The van der Waals surface area contributed by atoms with Gasteiger partial charge in [0.15, 0.2) is 6.61 Å². The molecule has 0 unspecified atom stereocenters. The summed E-state index contributed by atoms with van der Waals surface area (Å²) < 4.78 is 5.45. The molecular formula is C21H21Cl2N3O2. The van der Waals surface area contributed by atoms with E-state index in [1.165, 1.54) is 0 Å². The fraction of sp³-hybridized carbons (Fsp3) is 0.238. The van der Waals surface area contributed by atoms with Gasteiger partial charge in [-0.25, -0.2) is 0 Å². The van der Waals surface area contributed by atoms with Gasteiger partial charge in [-0.3, -0.25) is 9.78 Å². The van der Waals surface area contributed by atoms with Crippen molar-refractivity contribution in [1.29, 1.82) is 0 Å². The number of hydrogen-bond donors (Lipinski definition) is 2. The molecule has 1 heterocycles. The Morgan fingerprint density at radius 3 is 2.71 bits per heavy atom. The van der Waals surface area contributed by atoms with Crippen LogP contribution >= 0.6 is 23.2 Å². The van der Waals surface area contributed by atoms with Crippen molar-refractivity contribution in [3.05, 3.63) is 64.3 Å².